The van der Waals surface area contributed by atoms with E-state index in [1.807, 2.05) is 18.2 Å². The molecule has 0 spiro atoms. The summed E-state index contributed by atoms with van der Waals surface area (Å²) in [6.45, 7) is 4.25. The molecule has 0 unspecified atom stereocenters. The third-order valence-electron chi connectivity index (χ3n) is 3.59. The number of Topliss-reactive ketones (excluding diaryl/α,β-unsaturated/α-hetero) is 1. The summed E-state index contributed by atoms with van der Waals surface area (Å²) in [5.74, 6) is 0.890. The van der Waals surface area contributed by atoms with Crippen LogP contribution in [0.25, 0.3) is 0 Å². The van der Waals surface area contributed by atoms with Gasteiger partial charge in [0.25, 0.3) is 0 Å². The van der Waals surface area contributed by atoms with Crippen molar-refractivity contribution in [2.75, 3.05) is 13.1 Å². The molecular weight excluding hydrogens is 210 g/mol. The number of hydrogen-bond acceptors (Lipinski definition) is 2. The SMILES string of the molecule is CCc1cccc(C(=O)CC2CCNCC2)c1. The van der Waals surface area contributed by atoms with Crippen molar-refractivity contribution in [3.8, 4) is 0 Å². The number of hydrogen-bond donors (Lipinski definition) is 1. The lowest BCUT2D eigenvalue weighted by atomic mass is 9.90. The van der Waals surface area contributed by atoms with E-state index in [1.165, 1.54) is 5.56 Å². The van der Waals surface area contributed by atoms with Crippen LogP contribution in [-0.2, 0) is 6.42 Å². The zero-order valence-corrected chi connectivity index (χ0v) is 10.5. The molecule has 2 heteroatoms. The zero-order valence-electron chi connectivity index (χ0n) is 10.5. The van der Waals surface area contributed by atoms with E-state index < -0.39 is 0 Å². The van der Waals surface area contributed by atoms with Gasteiger partial charge >= 0.3 is 0 Å². The predicted molar refractivity (Wildman–Crippen MR) is 70.4 cm³/mol. The normalized spacial score (nSPS) is 17.0. The monoisotopic (exact) mass is 231 g/mol. The second-order valence-electron chi connectivity index (χ2n) is 4.87. The maximum Gasteiger partial charge on any atom is 0.163 e. The molecule has 0 aromatic heterocycles. The number of aryl methyl sites for hydroxylation is 1. The number of piperidine rings is 1. The first-order valence-corrected chi connectivity index (χ1v) is 6.62. The Morgan fingerprint density at radius 3 is 2.82 bits per heavy atom. The Morgan fingerprint density at radius 2 is 2.12 bits per heavy atom. The fraction of sp³-hybridized carbons (Fsp3) is 0.533. The molecule has 1 aliphatic heterocycles. The quantitative estimate of drug-likeness (QED) is 0.807. The van der Waals surface area contributed by atoms with E-state index >= 15 is 0 Å². The summed E-state index contributed by atoms with van der Waals surface area (Å²) in [4.78, 5) is 12.2. The van der Waals surface area contributed by atoms with E-state index in [0.29, 0.717) is 11.7 Å². The molecule has 17 heavy (non-hydrogen) atoms. The van der Waals surface area contributed by atoms with Gasteiger partial charge in [0.1, 0.15) is 0 Å². The van der Waals surface area contributed by atoms with Gasteiger partial charge < -0.3 is 5.32 Å². The molecule has 0 saturated carbocycles. The molecule has 1 N–H and O–H groups in total. The molecule has 2 nitrogen and oxygen atoms in total. The van der Waals surface area contributed by atoms with Crippen molar-refractivity contribution in [2.45, 2.75) is 32.6 Å². The number of nitrogens with one attached hydrogen (secondary N) is 1. The van der Waals surface area contributed by atoms with E-state index in [9.17, 15) is 4.79 Å². The maximum absolute atomic E-state index is 12.2. The zero-order chi connectivity index (χ0) is 12.1. The summed E-state index contributed by atoms with van der Waals surface area (Å²) in [7, 11) is 0. The number of ketones is 1. The topological polar surface area (TPSA) is 29.1 Å². The van der Waals surface area contributed by atoms with Crippen molar-refractivity contribution in [2.24, 2.45) is 5.92 Å². The second-order valence-corrected chi connectivity index (χ2v) is 4.87. The van der Waals surface area contributed by atoms with Gasteiger partial charge in [-0.05, 0) is 49.9 Å². The predicted octanol–water partition coefficient (Wildman–Crippen LogP) is 2.82. The molecule has 0 aliphatic carbocycles. The summed E-state index contributed by atoms with van der Waals surface area (Å²) < 4.78 is 0. The van der Waals surface area contributed by atoms with Gasteiger partial charge in [0, 0.05) is 12.0 Å². The van der Waals surface area contributed by atoms with E-state index in [1.54, 1.807) is 0 Å². The number of carbonyl (C=O) groups excluding carboxylic acids is 1. The van der Waals surface area contributed by atoms with Crippen LogP contribution in [0.2, 0.25) is 0 Å². The van der Waals surface area contributed by atoms with Crippen LogP contribution in [0.15, 0.2) is 24.3 Å². The molecule has 1 heterocycles. The first kappa shape index (κ1) is 12.3. The van der Waals surface area contributed by atoms with Crippen molar-refractivity contribution in [1.29, 1.82) is 0 Å². The largest absolute Gasteiger partial charge is 0.317 e. The van der Waals surface area contributed by atoms with Crippen LogP contribution in [0.5, 0.6) is 0 Å². The summed E-state index contributed by atoms with van der Waals surface area (Å²) in [6, 6.07) is 8.07. The van der Waals surface area contributed by atoms with Gasteiger partial charge in [0.15, 0.2) is 5.78 Å². The average molecular weight is 231 g/mol. The minimum Gasteiger partial charge on any atom is -0.317 e. The van der Waals surface area contributed by atoms with Crippen LogP contribution in [0, 0.1) is 5.92 Å². The Hall–Kier alpha value is -1.15. The fourth-order valence-corrected chi connectivity index (χ4v) is 2.43. The van der Waals surface area contributed by atoms with Gasteiger partial charge in [0.05, 0.1) is 0 Å². The molecule has 0 radical (unpaired) electrons. The third-order valence-corrected chi connectivity index (χ3v) is 3.59. The first-order valence-electron chi connectivity index (χ1n) is 6.62. The van der Waals surface area contributed by atoms with Crippen molar-refractivity contribution in [3.05, 3.63) is 35.4 Å². The Labute approximate surface area is 103 Å². The summed E-state index contributed by atoms with van der Waals surface area (Å²) in [6.07, 6.45) is 3.99. The first-order chi connectivity index (χ1) is 8.29. The van der Waals surface area contributed by atoms with E-state index in [-0.39, 0.29) is 0 Å². The molecule has 1 aliphatic rings. The highest BCUT2D eigenvalue weighted by Gasteiger charge is 2.17. The Morgan fingerprint density at radius 1 is 1.35 bits per heavy atom. The van der Waals surface area contributed by atoms with Crippen molar-refractivity contribution in [3.63, 3.8) is 0 Å². The molecule has 0 amide bonds. The van der Waals surface area contributed by atoms with Crippen LogP contribution < -0.4 is 5.32 Å². The van der Waals surface area contributed by atoms with Crippen molar-refractivity contribution in [1.82, 2.24) is 5.32 Å². The summed E-state index contributed by atoms with van der Waals surface area (Å²) in [5.41, 5.74) is 2.14. The number of benzene rings is 1. The number of carbonyl (C=O) groups is 1. The fourth-order valence-electron chi connectivity index (χ4n) is 2.43. The molecule has 1 aromatic carbocycles. The van der Waals surface area contributed by atoms with Gasteiger partial charge in [-0.3, -0.25) is 4.79 Å². The van der Waals surface area contributed by atoms with Crippen molar-refractivity contribution >= 4 is 5.78 Å². The summed E-state index contributed by atoms with van der Waals surface area (Å²) in [5, 5.41) is 3.33. The Balaban J connectivity index is 1.98. The average Bonchev–Trinajstić information content (AvgIpc) is 2.40. The maximum atomic E-state index is 12.2. The third kappa shape index (κ3) is 3.40. The second kappa shape index (κ2) is 5.97. The van der Waals surface area contributed by atoms with Crippen LogP contribution in [0.3, 0.4) is 0 Å². The number of rotatable bonds is 4. The van der Waals surface area contributed by atoms with E-state index in [0.717, 1.165) is 44.3 Å². The molecule has 92 valence electrons. The molecule has 2 rings (SSSR count). The molecule has 1 fully saturated rings. The van der Waals surface area contributed by atoms with E-state index in [4.69, 9.17) is 0 Å². The smallest absolute Gasteiger partial charge is 0.163 e. The van der Waals surface area contributed by atoms with Gasteiger partial charge in [-0.25, -0.2) is 0 Å². The standard InChI is InChI=1S/C15H21NO/c1-2-12-4-3-5-14(10-12)15(17)11-13-6-8-16-9-7-13/h3-5,10,13,16H,2,6-9,11H2,1H3. The van der Waals surface area contributed by atoms with Crippen LogP contribution in [0.4, 0.5) is 0 Å². The molecule has 1 aromatic rings. The van der Waals surface area contributed by atoms with Gasteiger partial charge in [0.2, 0.25) is 0 Å². The molecule has 1 saturated heterocycles. The highest BCUT2D eigenvalue weighted by molar-refractivity contribution is 5.96. The lowest BCUT2D eigenvalue weighted by molar-refractivity contribution is 0.0952. The van der Waals surface area contributed by atoms with Crippen LogP contribution in [-0.4, -0.2) is 18.9 Å². The van der Waals surface area contributed by atoms with Gasteiger partial charge in [-0.2, -0.15) is 0 Å². The van der Waals surface area contributed by atoms with Gasteiger partial charge in [-0.1, -0.05) is 25.1 Å². The highest BCUT2D eigenvalue weighted by atomic mass is 16.1. The molecular formula is C15H21NO. The minimum atomic E-state index is 0.312. The minimum absolute atomic E-state index is 0.312. The summed E-state index contributed by atoms with van der Waals surface area (Å²) >= 11 is 0. The molecule has 0 bridgehead atoms. The van der Waals surface area contributed by atoms with E-state index in [2.05, 4.69) is 18.3 Å². The Bertz CT molecular complexity index is 380. The van der Waals surface area contributed by atoms with Crippen LogP contribution in [0.1, 0.15) is 42.1 Å². The molecule has 0 atom stereocenters. The Kier molecular flexibility index (Phi) is 4.32. The van der Waals surface area contributed by atoms with Crippen molar-refractivity contribution < 1.29 is 4.79 Å². The van der Waals surface area contributed by atoms with Gasteiger partial charge in [-0.15, -0.1) is 0 Å². The highest BCUT2D eigenvalue weighted by Crippen LogP contribution is 2.19. The van der Waals surface area contributed by atoms with Crippen LogP contribution >= 0.6 is 0 Å². The lowest BCUT2D eigenvalue weighted by Gasteiger charge is -2.21. The lowest BCUT2D eigenvalue weighted by Crippen LogP contribution is -2.28.